The SMILES string of the molecule is CCCC1(C(=O)NC(CC)c2ncc[nH]2)CCCNC1. The highest BCUT2D eigenvalue weighted by Crippen LogP contribution is 2.32. The van der Waals surface area contributed by atoms with Crippen molar-refractivity contribution in [1.29, 1.82) is 0 Å². The van der Waals surface area contributed by atoms with E-state index in [-0.39, 0.29) is 17.4 Å². The molecule has 0 saturated carbocycles. The van der Waals surface area contributed by atoms with E-state index in [1.807, 2.05) is 0 Å². The monoisotopic (exact) mass is 278 g/mol. The van der Waals surface area contributed by atoms with Crippen LogP contribution in [0.2, 0.25) is 0 Å². The molecule has 2 rings (SSSR count). The maximum Gasteiger partial charge on any atom is 0.228 e. The van der Waals surface area contributed by atoms with E-state index < -0.39 is 0 Å². The van der Waals surface area contributed by atoms with Gasteiger partial charge in [0.05, 0.1) is 11.5 Å². The van der Waals surface area contributed by atoms with Gasteiger partial charge in [-0.1, -0.05) is 20.3 Å². The van der Waals surface area contributed by atoms with Gasteiger partial charge in [-0.3, -0.25) is 4.79 Å². The summed E-state index contributed by atoms with van der Waals surface area (Å²) in [4.78, 5) is 20.1. The molecule has 112 valence electrons. The van der Waals surface area contributed by atoms with Crippen LogP contribution < -0.4 is 10.6 Å². The highest BCUT2D eigenvalue weighted by molar-refractivity contribution is 5.83. The molecule has 0 radical (unpaired) electrons. The average molecular weight is 278 g/mol. The Balaban J connectivity index is 2.07. The molecule has 5 heteroatoms. The maximum atomic E-state index is 12.8. The number of carbonyl (C=O) groups excluding carboxylic acids is 1. The zero-order valence-corrected chi connectivity index (χ0v) is 12.5. The van der Waals surface area contributed by atoms with Crippen molar-refractivity contribution in [2.24, 2.45) is 5.41 Å². The van der Waals surface area contributed by atoms with Crippen molar-refractivity contribution in [1.82, 2.24) is 20.6 Å². The number of H-pyrrole nitrogens is 1. The first-order chi connectivity index (χ1) is 9.72. The summed E-state index contributed by atoms with van der Waals surface area (Å²) in [6.07, 6.45) is 8.41. The van der Waals surface area contributed by atoms with E-state index in [2.05, 4.69) is 34.4 Å². The van der Waals surface area contributed by atoms with Crippen molar-refractivity contribution in [3.63, 3.8) is 0 Å². The second-order valence-corrected chi connectivity index (χ2v) is 5.72. The Morgan fingerprint density at radius 2 is 2.40 bits per heavy atom. The first kappa shape index (κ1) is 15.0. The molecule has 1 aromatic rings. The Kier molecular flexibility index (Phi) is 5.17. The summed E-state index contributed by atoms with van der Waals surface area (Å²) in [6.45, 7) is 6.03. The summed E-state index contributed by atoms with van der Waals surface area (Å²) in [7, 11) is 0. The van der Waals surface area contributed by atoms with Crippen LogP contribution in [0.5, 0.6) is 0 Å². The molecule has 0 spiro atoms. The molecular formula is C15H26N4O. The topological polar surface area (TPSA) is 69.8 Å². The second-order valence-electron chi connectivity index (χ2n) is 5.72. The van der Waals surface area contributed by atoms with Crippen LogP contribution in [-0.2, 0) is 4.79 Å². The van der Waals surface area contributed by atoms with E-state index in [9.17, 15) is 4.79 Å². The van der Waals surface area contributed by atoms with Gasteiger partial charge < -0.3 is 15.6 Å². The summed E-state index contributed by atoms with van der Waals surface area (Å²) in [5.74, 6) is 1.02. The van der Waals surface area contributed by atoms with E-state index in [0.717, 1.165) is 51.0 Å². The first-order valence-electron chi connectivity index (χ1n) is 7.73. The predicted molar refractivity (Wildman–Crippen MR) is 79.2 cm³/mol. The molecule has 2 heterocycles. The lowest BCUT2D eigenvalue weighted by atomic mass is 9.76. The number of imidazole rings is 1. The normalized spacial score (nSPS) is 24.3. The van der Waals surface area contributed by atoms with E-state index >= 15 is 0 Å². The van der Waals surface area contributed by atoms with Gasteiger partial charge >= 0.3 is 0 Å². The van der Waals surface area contributed by atoms with Crippen molar-refractivity contribution in [2.45, 2.75) is 52.0 Å². The van der Waals surface area contributed by atoms with E-state index in [1.165, 1.54) is 0 Å². The molecule has 1 fully saturated rings. The number of piperidine rings is 1. The molecule has 1 aromatic heterocycles. The smallest absolute Gasteiger partial charge is 0.228 e. The largest absolute Gasteiger partial charge is 0.347 e. The quantitative estimate of drug-likeness (QED) is 0.746. The lowest BCUT2D eigenvalue weighted by Crippen LogP contribution is -2.51. The molecular weight excluding hydrogens is 252 g/mol. The highest BCUT2D eigenvalue weighted by atomic mass is 16.2. The molecule has 1 aliphatic rings. The number of hydrogen-bond donors (Lipinski definition) is 3. The molecule has 2 atom stereocenters. The van der Waals surface area contributed by atoms with Gasteiger partial charge in [-0.2, -0.15) is 0 Å². The molecule has 3 N–H and O–H groups in total. The summed E-state index contributed by atoms with van der Waals surface area (Å²) in [5, 5.41) is 6.57. The Morgan fingerprint density at radius 3 is 2.95 bits per heavy atom. The number of aromatic nitrogens is 2. The zero-order valence-electron chi connectivity index (χ0n) is 12.5. The lowest BCUT2D eigenvalue weighted by molar-refractivity contribution is -0.133. The Hall–Kier alpha value is -1.36. The van der Waals surface area contributed by atoms with Crippen LogP contribution in [0.1, 0.15) is 57.8 Å². The molecule has 0 bridgehead atoms. The molecule has 5 nitrogen and oxygen atoms in total. The molecule has 20 heavy (non-hydrogen) atoms. The van der Waals surface area contributed by atoms with Crippen molar-refractivity contribution in [2.75, 3.05) is 13.1 Å². The third kappa shape index (κ3) is 3.20. The minimum atomic E-state index is -0.243. The highest BCUT2D eigenvalue weighted by Gasteiger charge is 2.39. The summed E-state index contributed by atoms with van der Waals surface area (Å²) < 4.78 is 0. The van der Waals surface area contributed by atoms with E-state index in [1.54, 1.807) is 12.4 Å². The number of aromatic amines is 1. The van der Waals surface area contributed by atoms with Crippen molar-refractivity contribution >= 4 is 5.91 Å². The van der Waals surface area contributed by atoms with Crippen molar-refractivity contribution < 1.29 is 4.79 Å². The van der Waals surface area contributed by atoms with Crippen LogP contribution >= 0.6 is 0 Å². The van der Waals surface area contributed by atoms with Gasteiger partial charge in [0.1, 0.15) is 5.82 Å². The van der Waals surface area contributed by atoms with Gasteiger partial charge in [0.15, 0.2) is 0 Å². The predicted octanol–water partition coefficient (Wildman–Crippen LogP) is 2.15. The van der Waals surface area contributed by atoms with Crippen LogP contribution in [0.15, 0.2) is 12.4 Å². The van der Waals surface area contributed by atoms with Crippen molar-refractivity contribution in [3.8, 4) is 0 Å². The summed E-state index contributed by atoms with van der Waals surface area (Å²) >= 11 is 0. The Bertz CT molecular complexity index is 404. The van der Waals surface area contributed by atoms with Gasteiger partial charge in [-0.25, -0.2) is 4.98 Å². The number of amides is 1. The molecule has 1 aliphatic heterocycles. The summed E-state index contributed by atoms with van der Waals surface area (Å²) in [6, 6.07) is -0.0202. The third-order valence-electron chi connectivity index (χ3n) is 4.25. The number of carbonyl (C=O) groups is 1. The molecule has 1 amide bonds. The fourth-order valence-electron chi connectivity index (χ4n) is 3.11. The van der Waals surface area contributed by atoms with Gasteiger partial charge in [0, 0.05) is 18.9 Å². The van der Waals surface area contributed by atoms with E-state index in [0.29, 0.717) is 0 Å². The van der Waals surface area contributed by atoms with Gasteiger partial charge in [-0.15, -0.1) is 0 Å². The molecule has 2 unspecified atom stereocenters. The summed E-state index contributed by atoms with van der Waals surface area (Å²) in [5.41, 5.74) is -0.243. The van der Waals surface area contributed by atoms with E-state index in [4.69, 9.17) is 0 Å². The maximum absolute atomic E-state index is 12.8. The van der Waals surface area contributed by atoms with Gasteiger partial charge in [-0.05, 0) is 32.2 Å². The van der Waals surface area contributed by atoms with Gasteiger partial charge in [0.2, 0.25) is 5.91 Å². The molecule has 0 aliphatic carbocycles. The fourth-order valence-corrected chi connectivity index (χ4v) is 3.11. The van der Waals surface area contributed by atoms with Crippen LogP contribution in [0.4, 0.5) is 0 Å². The zero-order chi connectivity index (χ0) is 14.4. The Morgan fingerprint density at radius 1 is 1.55 bits per heavy atom. The van der Waals surface area contributed by atoms with Crippen LogP contribution in [0.25, 0.3) is 0 Å². The van der Waals surface area contributed by atoms with Crippen LogP contribution in [0.3, 0.4) is 0 Å². The van der Waals surface area contributed by atoms with Crippen LogP contribution in [-0.4, -0.2) is 29.0 Å². The van der Waals surface area contributed by atoms with Crippen LogP contribution in [0, 0.1) is 5.41 Å². The first-order valence-corrected chi connectivity index (χ1v) is 7.73. The minimum Gasteiger partial charge on any atom is -0.347 e. The number of nitrogens with one attached hydrogen (secondary N) is 3. The minimum absolute atomic E-state index is 0.0202. The molecule has 1 saturated heterocycles. The molecule has 0 aromatic carbocycles. The average Bonchev–Trinajstić information content (AvgIpc) is 2.99. The third-order valence-corrected chi connectivity index (χ3v) is 4.25. The number of hydrogen-bond acceptors (Lipinski definition) is 3. The Labute approximate surface area is 120 Å². The standard InChI is InChI=1S/C15H26N4O/c1-3-6-15(7-5-8-16-11-15)14(20)19-12(4-2)13-17-9-10-18-13/h9-10,12,16H,3-8,11H2,1-2H3,(H,17,18)(H,19,20). The number of rotatable bonds is 6. The lowest BCUT2D eigenvalue weighted by Gasteiger charge is -2.37. The van der Waals surface area contributed by atoms with Gasteiger partial charge in [0.25, 0.3) is 0 Å². The fraction of sp³-hybridized carbons (Fsp3) is 0.733. The number of nitrogens with zero attached hydrogens (tertiary/aromatic N) is 1. The second kappa shape index (κ2) is 6.88. The van der Waals surface area contributed by atoms with Crippen molar-refractivity contribution in [3.05, 3.63) is 18.2 Å².